The van der Waals surface area contributed by atoms with E-state index in [1.165, 1.54) is 0 Å². The summed E-state index contributed by atoms with van der Waals surface area (Å²) in [6.07, 6.45) is -0.106. The minimum atomic E-state index is -0.912. The monoisotopic (exact) mass is 295 g/mol. The van der Waals surface area contributed by atoms with Crippen molar-refractivity contribution in [2.24, 2.45) is 0 Å². The number of benzene rings is 1. The maximum atomic E-state index is 10.9. The predicted molar refractivity (Wildman–Crippen MR) is 75.8 cm³/mol. The predicted octanol–water partition coefficient (Wildman–Crippen LogP) is 3.99. The average molecular weight is 296 g/mol. The second-order valence-electron chi connectivity index (χ2n) is 4.16. The minimum Gasteiger partial charge on any atom is -0.481 e. The van der Waals surface area contributed by atoms with E-state index in [-0.39, 0.29) is 6.42 Å². The number of carbonyl (C=O) groups is 1. The van der Waals surface area contributed by atoms with Crippen LogP contribution in [0.3, 0.4) is 0 Å². The molecule has 0 fully saturated rings. The van der Waals surface area contributed by atoms with E-state index < -0.39 is 5.97 Å². The summed E-state index contributed by atoms with van der Waals surface area (Å²) in [5, 5.41) is 9.97. The Kier molecular flexibility index (Phi) is 4.08. The minimum absolute atomic E-state index is 0.106. The molecule has 0 aliphatic rings. The quantitative estimate of drug-likeness (QED) is 0.931. The molecule has 0 aliphatic heterocycles. The van der Waals surface area contributed by atoms with Crippen LogP contribution in [0.5, 0.6) is 0 Å². The van der Waals surface area contributed by atoms with Gasteiger partial charge in [-0.1, -0.05) is 29.3 Å². The van der Waals surface area contributed by atoms with Gasteiger partial charge in [-0.2, -0.15) is 0 Å². The van der Waals surface area contributed by atoms with Gasteiger partial charge in [0.05, 0.1) is 17.1 Å². The summed E-state index contributed by atoms with van der Waals surface area (Å²) in [6.45, 7) is 1.84. The number of hydrogen-bond acceptors (Lipinski definition) is 2. The largest absolute Gasteiger partial charge is 0.481 e. The fraction of sp³-hybridized carbons (Fsp3) is 0.143. The van der Waals surface area contributed by atoms with Crippen molar-refractivity contribution >= 4 is 29.2 Å². The first kappa shape index (κ1) is 13.8. The van der Waals surface area contributed by atoms with Gasteiger partial charge in [-0.15, -0.1) is 0 Å². The highest BCUT2D eigenvalue weighted by atomic mass is 35.5. The van der Waals surface area contributed by atoms with Crippen LogP contribution in [0.1, 0.15) is 11.3 Å². The van der Waals surface area contributed by atoms with Crippen molar-refractivity contribution in [2.75, 3.05) is 0 Å². The molecule has 2 aromatic rings. The molecule has 98 valence electrons. The Labute approximate surface area is 120 Å². The normalized spacial score (nSPS) is 10.5. The van der Waals surface area contributed by atoms with Gasteiger partial charge in [0, 0.05) is 16.3 Å². The van der Waals surface area contributed by atoms with Crippen LogP contribution in [-0.4, -0.2) is 16.1 Å². The Morgan fingerprint density at radius 3 is 2.68 bits per heavy atom. The number of halogens is 2. The fourth-order valence-electron chi connectivity index (χ4n) is 1.80. The standard InChI is InChI=1S/C14H11Cl2NO2/c1-8-2-3-9(6-13(18)19)14(17-8)11-7-10(15)4-5-12(11)16/h2-5,7H,6H2,1H3,(H,18,19). The highest BCUT2D eigenvalue weighted by molar-refractivity contribution is 6.35. The van der Waals surface area contributed by atoms with Gasteiger partial charge in [0.1, 0.15) is 0 Å². The molecule has 0 amide bonds. The zero-order chi connectivity index (χ0) is 14.0. The molecule has 1 aromatic carbocycles. The van der Waals surface area contributed by atoms with E-state index in [2.05, 4.69) is 4.98 Å². The molecule has 0 aliphatic carbocycles. The van der Waals surface area contributed by atoms with Crippen molar-refractivity contribution in [3.05, 3.63) is 51.6 Å². The van der Waals surface area contributed by atoms with E-state index in [1.54, 1.807) is 30.3 Å². The van der Waals surface area contributed by atoms with Crippen molar-refractivity contribution in [1.29, 1.82) is 0 Å². The smallest absolute Gasteiger partial charge is 0.307 e. The van der Waals surface area contributed by atoms with Crippen molar-refractivity contribution in [1.82, 2.24) is 4.98 Å². The lowest BCUT2D eigenvalue weighted by Crippen LogP contribution is -2.04. The van der Waals surface area contributed by atoms with Crippen molar-refractivity contribution in [3.8, 4) is 11.3 Å². The first-order chi connectivity index (χ1) is 8.97. The summed E-state index contributed by atoms with van der Waals surface area (Å²) in [7, 11) is 0. The molecule has 0 atom stereocenters. The third kappa shape index (κ3) is 3.25. The molecule has 3 nitrogen and oxygen atoms in total. The molecular weight excluding hydrogens is 285 g/mol. The number of aryl methyl sites for hydroxylation is 1. The van der Waals surface area contributed by atoms with Crippen molar-refractivity contribution < 1.29 is 9.90 Å². The maximum Gasteiger partial charge on any atom is 0.307 e. The maximum absolute atomic E-state index is 10.9. The van der Waals surface area contributed by atoms with Crippen molar-refractivity contribution in [2.45, 2.75) is 13.3 Å². The van der Waals surface area contributed by atoms with E-state index in [1.807, 2.05) is 6.92 Å². The first-order valence-electron chi connectivity index (χ1n) is 5.61. The van der Waals surface area contributed by atoms with Crippen LogP contribution < -0.4 is 0 Å². The third-order valence-electron chi connectivity index (χ3n) is 2.64. The van der Waals surface area contributed by atoms with Crippen LogP contribution in [-0.2, 0) is 11.2 Å². The second-order valence-corrected chi connectivity index (χ2v) is 5.00. The van der Waals surface area contributed by atoms with Crippen LogP contribution in [0.25, 0.3) is 11.3 Å². The van der Waals surface area contributed by atoms with Gasteiger partial charge < -0.3 is 5.11 Å². The number of carboxylic acid groups (broad SMARTS) is 1. The van der Waals surface area contributed by atoms with E-state index in [9.17, 15) is 4.79 Å². The molecule has 0 spiro atoms. The molecule has 0 radical (unpaired) electrons. The molecule has 19 heavy (non-hydrogen) atoms. The molecule has 0 saturated heterocycles. The summed E-state index contributed by atoms with van der Waals surface area (Å²) >= 11 is 12.1. The number of hydrogen-bond donors (Lipinski definition) is 1. The molecule has 0 bridgehead atoms. The van der Waals surface area contributed by atoms with Crippen LogP contribution in [0, 0.1) is 6.92 Å². The topological polar surface area (TPSA) is 50.2 Å². The lowest BCUT2D eigenvalue weighted by molar-refractivity contribution is -0.136. The zero-order valence-corrected chi connectivity index (χ0v) is 11.7. The Bertz CT molecular complexity index is 641. The summed E-state index contributed by atoms with van der Waals surface area (Å²) in [6, 6.07) is 8.58. The van der Waals surface area contributed by atoms with Gasteiger partial charge in [0.25, 0.3) is 0 Å². The fourth-order valence-corrected chi connectivity index (χ4v) is 2.18. The summed E-state index contributed by atoms with van der Waals surface area (Å²) in [5.41, 5.74) is 2.62. The highest BCUT2D eigenvalue weighted by Crippen LogP contribution is 2.31. The van der Waals surface area contributed by atoms with Gasteiger partial charge in [-0.3, -0.25) is 9.78 Å². The van der Waals surface area contributed by atoms with Crippen LogP contribution in [0.2, 0.25) is 10.0 Å². The molecule has 2 rings (SSSR count). The van der Waals surface area contributed by atoms with Gasteiger partial charge in [0.15, 0.2) is 0 Å². The zero-order valence-electron chi connectivity index (χ0n) is 10.2. The molecule has 0 unspecified atom stereocenters. The van der Waals surface area contributed by atoms with Crippen LogP contribution in [0.4, 0.5) is 0 Å². The van der Waals surface area contributed by atoms with E-state index in [0.717, 1.165) is 5.69 Å². The SMILES string of the molecule is Cc1ccc(CC(=O)O)c(-c2cc(Cl)ccc2Cl)n1. The molecule has 5 heteroatoms. The van der Waals surface area contributed by atoms with Crippen LogP contribution >= 0.6 is 23.2 Å². The molecular formula is C14H11Cl2NO2. The molecule has 0 saturated carbocycles. The second kappa shape index (κ2) is 5.59. The Balaban J connectivity index is 2.62. The number of pyridine rings is 1. The number of aromatic nitrogens is 1. The average Bonchev–Trinajstić information content (AvgIpc) is 2.34. The van der Waals surface area contributed by atoms with E-state index >= 15 is 0 Å². The van der Waals surface area contributed by atoms with Crippen LogP contribution in [0.15, 0.2) is 30.3 Å². The van der Waals surface area contributed by atoms with Gasteiger partial charge in [-0.05, 0) is 36.8 Å². The van der Waals surface area contributed by atoms with Gasteiger partial charge in [0.2, 0.25) is 0 Å². The Morgan fingerprint density at radius 2 is 2.00 bits per heavy atom. The number of nitrogens with zero attached hydrogens (tertiary/aromatic N) is 1. The summed E-state index contributed by atoms with van der Waals surface area (Å²) < 4.78 is 0. The van der Waals surface area contributed by atoms with Crippen molar-refractivity contribution in [3.63, 3.8) is 0 Å². The Morgan fingerprint density at radius 1 is 1.26 bits per heavy atom. The highest BCUT2D eigenvalue weighted by Gasteiger charge is 2.13. The number of aliphatic carboxylic acids is 1. The van der Waals surface area contributed by atoms with Gasteiger partial charge >= 0.3 is 5.97 Å². The lowest BCUT2D eigenvalue weighted by atomic mass is 10.0. The number of carboxylic acids is 1. The lowest BCUT2D eigenvalue weighted by Gasteiger charge is -2.10. The Hall–Kier alpha value is -1.58. The molecule has 1 aromatic heterocycles. The van der Waals surface area contributed by atoms with Gasteiger partial charge in [-0.25, -0.2) is 0 Å². The molecule has 1 heterocycles. The van der Waals surface area contributed by atoms with E-state index in [4.69, 9.17) is 28.3 Å². The first-order valence-corrected chi connectivity index (χ1v) is 6.36. The number of rotatable bonds is 3. The van der Waals surface area contributed by atoms with E-state index in [0.29, 0.717) is 26.9 Å². The summed E-state index contributed by atoms with van der Waals surface area (Å²) in [5.74, 6) is -0.912. The summed E-state index contributed by atoms with van der Waals surface area (Å²) in [4.78, 5) is 15.3. The third-order valence-corrected chi connectivity index (χ3v) is 3.21. The molecule has 1 N–H and O–H groups in total.